The molecule has 0 aliphatic heterocycles. The summed E-state index contributed by atoms with van der Waals surface area (Å²) in [5.41, 5.74) is 0.912. The molecule has 0 spiro atoms. The van der Waals surface area contributed by atoms with Gasteiger partial charge >= 0.3 is 6.16 Å². The highest BCUT2D eigenvalue weighted by atomic mass is 16.7. The minimum absolute atomic E-state index is 0.0466. The third-order valence-corrected chi connectivity index (χ3v) is 2.17. The Balaban J connectivity index is 2.42. The second-order valence-corrected chi connectivity index (χ2v) is 5.27. The van der Waals surface area contributed by atoms with Crippen molar-refractivity contribution in [2.75, 3.05) is 6.61 Å². The smallest absolute Gasteiger partial charge is 0.434 e. The lowest BCUT2D eigenvalue weighted by Gasteiger charge is -2.19. The molecule has 17 heavy (non-hydrogen) atoms. The number of carbonyl (C=O) groups excluding carboxylic acids is 1. The third-order valence-electron chi connectivity index (χ3n) is 2.17. The monoisotopic (exact) mass is 236 g/mol. The lowest BCUT2D eigenvalue weighted by molar-refractivity contribution is 0.0112. The Morgan fingerprint density at radius 3 is 2.35 bits per heavy atom. The van der Waals surface area contributed by atoms with Crippen LogP contribution in [0, 0.1) is 5.41 Å². The Morgan fingerprint density at radius 1 is 1.24 bits per heavy atom. The Labute approximate surface area is 103 Å². The van der Waals surface area contributed by atoms with Gasteiger partial charge in [-0.1, -0.05) is 51.1 Å². The van der Waals surface area contributed by atoms with Crippen molar-refractivity contribution in [2.45, 2.75) is 33.8 Å². The molecule has 0 N–H and O–H groups in total. The van der Waals surface area contributed by atoms with Crippen molar-refractivity contribution in [3.05, 3.63) is 35.9 Å². The molecule has 0 amide bonds. The summed E-state index contributed by atoms with van der Waals surface area (Å²) < 4.78 is 10.2. The Bertz CT molecular complexity index is 351. The van der Waals surface area contributed by atoms with Crippen molar-refractivity contribution < 1.29 is 14.3 Å². The highest BCUT2D eigenvalue weighted by Crippen LogP contribution is 2.18. The van der Waals surface area contributed by atoms with E-state index in [4.69, 9.17) is 9.47 Å². The van der Waals surface area contributed by atoms with Gasteiger partial charge in [0.25, 0.3) is 0 Å². The minimum atomic E-state index is -0.615. The number of ether oxygens (including phenoxy) is 2. The number of rotatable bonds is 3. The van der Waals surface area contributed by atoms with Crippen molar-refractivity contribution in [2.24, 2.45) is 5.41 Å². The molecule has 0 heterocycles. The molecule has 1 unspecified atom stereocenters. The van der Waals surface area contributed by atoms with Crippen molar-refractivity contribution in [3.8, 4) is 0 Å². The molecule has 1 aromatic carbocycles. The van der Waals surface area contributed by atoms with Crippen LogP contribution in [0.1, 0.15) is 39.4 Å². The molecule has 94 valence electrons. The lowest BCUT2D eigenvalue weighted by Crippen LogP contribution is -2.19. The van der Waals surface area contributed by atoms with Gasteiger partial charge in [-0.25, -0.2) is 4.79 Å². The number of hydrogen-bond acceptors (Lipinski definition) is 3. The fourth-order valence-corrected chi connectivity index (χ4v) is 1.25. The van der Waals surface area contributed by atoms with Crippen LogP contribution in [0.15, 0.2) is 30.3 Å². The zero-order valence-corrected chi connectivity index (χ0v) is 10.9. The van der Waals surface area contributed by atoms with Crippen LogP contribution in [0.4, 0.5) is 4.79 Å². The summed E-state index contributed by atoms with van der Waals surface area (Å²) in [6.07, 6.45) is -0.903. The summed E-state index contributed by atoms with van der Waals surface area (Å²) >= 11 is 0. The summed E-state index contributed by atoms with van der Waals surface area (Å²) in [5.74, 6) is 0. The van der Waals surface area contributed by atoms with Crippen LogP contribution in [0.5, 0.6) is 0 Å². The van der Waals surface area contributed by atoms with Gasteiger partial charge in [-0.3, -0.25) is 0 Å². The molecule has 0 aliphatic rings. The van der Waals surface area contributed by atoms with Crippen LogP contribution < -0.4 is 0 Å². The molecular weight excluding hydrogens is 216 g/mol. The van der Waals surface area contributed by atoms with Crippen LogP contribution in [0.3, 0.4) is 0 Å². The zero-order valence-electron chi connectivity index (χ0n) is 10.9. The molecule has 3 nitrogen and oxygen atoms in total. The van der Waals surface area contributed by atoms with E-state index in [1.807, 2.05) is 58.0 Å². The van der Waals surface area contributed by atoms with Crippen LogP contribution in [-0.4, -0.2) is 12.8 Å². The van der Waals surface area contributed by atoms with E-state index in [0.29, 0.717) is 6.61 Å². The summed E-state index contributed by atoms with van der Waals surface area (Å²) in [6, 6.07) is 9.59. The largest absolute Gasteiger partial charge is 0.508 e. The van der Waals surface area contributed by atoms with Crippen molar-refractivity contribution >= 4 is 6.16 Å². The minimum Gasteiger partial charge on any atom is -0.434 e. The Kier molecular flexibility index (Phi) is 4.55. The standard InChI is InChI=1S/C14H20O3/c1-11(12-8-6-5-7-9-12)17-13(15)16-10-14(2,3)4/h5-9,11H,10H2,1-4H3. The van der Waals surface area contributed by atoms with Crippen LogP contribution >= 0.6 is 0 Å². The number of carbonyl (C=O) groups is 1. The highest BCUT2D eigenvalue weighted by molar-refractivity contribution is 5.60. The molecule has 1 rings (SSSR count). The maximum absolute atomic E-state index is 11.4. The van der Waals surface area contributed by atoms with E-state index in [0.717, 1.165) is 5.56 Å². The van der Waals surface area contributed by atoms with E-state index in [1.54, 1.807) is 0 Å². The Hall–Kier alpha value is -1.51. The average Bonchev–Trinajstić information content (AvgIpc) is 2.27. The fourth-order valence-electron chi connectivity index (χ4n) is 1.25. The lowest BCUT2D eigenvalue weighted by atomic mass is 9.99. The molecule has 0 saturated carbocycles. The topological polar surface area (TPSA) is 35.5 Å². The first-order valence-corrected chi connectivity index (χ1v) is 5.77. The molecular formula is C14H20O3. The van der Waals surface area contributed by atoms with E-state index in [2.05, 4.69) is 0 Å². The van der Waals surface area contributed by atoms with Crippen molar-refractivity contribution in [1.82, 2.24) is 0 Å². The molecule has 3 heteroatoms. The zero-order chi connectivity index (χ0) is 12.9. The fraction of sp³-hybridized carbons (Fsp3) is 0.500. The van der Waals surface area contributed by atoms with E-state index in [9.17, 15) is 4.79 Å². The van der Waals surface area contributed by atoms with Gasteiger partial charge in [0.1, 0.15) is 6.10 Å². The number of benzene rings is 1. The molecule has 0 fully saturated rings. The molecule has 0 radical (unpaired) electrons. The first-order chi connectivity index (χ1) is 7.88. The predicted octanol–water partition coefficient (Wildman–Crippen LogP) is 3.95. The highest BCUT2D eigenvalue weighted by Gasteiger charge is 2.17. The van der Waals surface area contributed by atoms with Crippen LogP contribution in [0.2, 0.25) is 0 Å². The quantitative estimate of drug-likeness (QED) is 0.745. The second-order valence-electron chi connectivity index (χ2n) is 5.27. The predicted molar refractivity (Wildman–Crippen MR) is 66.7 cm³/mol. The van der Waals surface area contributed by atoms with E-state index >= 15 is 0 Å². The maximum Gasteiger partial charge on any atom is 0.508 e. The van der Waals surface area contributed by atoms with Gasteiger partial charge in [0.15, 0.2) is 0 Å². The molecule has 1 aromatic rings. The van der Waals surface area contributed by atoms with Gasteiger partial charge in [0.2, 0.25) is 0 Å². The summed E-state index contributed by atoms with van der Waals surface area (Å²) in [7, 11) is 0. The van der Waals surface area contributed by atoms with E-state index < -0.39 is 6.16 Å². The van der Waals surface area contributed by atoms with Crippen molar-refractivity contribution in [1.29, 1.82) is 0 Å². The third kappa shape index (κ3) is 5.38. The SMILES string of the molecule is CC(OC(=O)OCC(C)(C)C)c1ccccc1. The van der Waals surface area contributed by atoms with E-state index in [-0.39, 0.29) is 11.5 Å². The van der Waals surface area contributed by atoms with Gasteiger partial charge in [-0.15, -0.1) is 0 Å². The van der Waals surface area contributed by atoms with Gasteiger partial charge in [0, 0.05) is 0 Å². The van der Waals surface area contributed by atoms with Crippen LogP contribution in [0.25, 0.3) is 0 Å². The van der Waals surface area contributed by atoms with Crippen molar-refractivity contribution in [3.63, 3.8) is 0 Å². The van der Waals surface area contributed by atoms with Gasteiger partial charge in [0.05, 0.1) is 6.61 Å². The molecule has 0 aliphatic carbocycles. The van der Waals surface area contributed by atoms with Gasteiger partial charge in [-0.2, -0.15) is 0 Å². The first kappa shape index (κ1) is 13.6. The maximum atomic E-state index is 11.4. The van der Waals surface area contributed by atoms with Gasteiger partial charge < -0.3 is 9.47 Å². The summed E-state index contributed by atoms with van der Waals surface area (Å²) in [5, 5.41) is 0. The second kappa shape index (κ2) is 5.71. The molecule has 0 aromatic heterocycles. The van der Waals surface area contributed by atoms with Gasteiger partial charge in [-0.05, 0) is 17.9 Å². The molecule has 1 atom stereocenters. The summed E-state index contributed by atoms with van der Waals surface area (Å²) in [4.78, 5) is 11.4. The first-order valence-electron chi connectivity index (χ1n) is 5.77. The van der Waals surface area contributed by atoms with E-state index in [1.165, 1.54) is 0 Å². The normalized spacial score (nSPS) is 12.9. The Morgan fingerprint density at radius 2 is 1.82 bits per heavy atom. The summed E-state index contributed by atoms with van der Waals surface area (Å²) in [6.45, 7) is 8.18. The number of hydrogen-bond donors (Lipinski definition) is 0. The molecule has 0 bridgehead atoms. The molecule has 0 saturated heterocycles. The van der Waals surface area contributed by atoms with Crippen LogP contribution in [-0.2, 0) is 9.47 Å². The average molecular weight is 236 g/mol.